The lowest BCUT2D eigenvalue weighted by Crippen LogP contribution is -2.30. The minimum absolute atomic E-state index is 0.0789. The highest BCUT2D eigenvalue weighted by molar-refractivity contribution is 7.89. The van der Waals surface area contributed by atoms with Crippen LogP contribution in [0.2, 0.25) is 0 Å². The number of carbonyl (C=O) groups excluding carboxylic acids is 1. The normalized spacial score (nSPS) is 11.5. The fourth-order valence-electron chi connectivity index (χ4n) is 3.01. The zero-order valence-electron chi connectivity index (χ0n) is 19.3. The summed E-state index contributed by atoms with van der Waals surface area (Å²) in [6, 6.07) is 11.5. The quantitative estimate of drug-likeness (QED) is 0.512. The van der Waals surface area contributed by atoms with Gasteiger partial charge in [0.05, 0.1) is 23.3 Å². The average Bonchev–Trinajstić information content (AvgIpc) is 2.75. The van der Waals surface area contributed by atoms with Crippen LogP contribution in [0.1, 0.15) is 34.6 Å². The van der Waals surface area contributed by atoms with E-state index in [2.05, 4.69) is 5.32 Å². The smallest absolute Gasteiger partial charge is 0.262 e. The molecule has 0 aliphatic heterocycles. The predicted molar refractivity (Wildman–Crippen MR) is 124 cm³/mol. The number of benzene rings is 2. The molecular weight excluding hydrogens is 432 g/mol. The van der Waals surface area contributed by atoms with Crippen LogP contribution in [0.15, 0.2) is 47.4 Å². The van der Waals surface area contributed by atoms with E-state index >= 15 is 0 Å². The molecule has 0 bridgehead atoms. The largest absolute Gasteiger partial charge is 0.490 e. The van der Waals surface area contributed by atoms with Crippen LogP contribution >= 0.6 is 0 Å². The van der Waals surface area contributed by atoms with Crippen molar-refractivity contribution in [2.24, 2.45) is 0 Å². The number of carbonyl (C=O) groups is 1. The van der Waals surface area contributed by atoms with Crippen LogP contribution in [-0.4, -0.2) is 51.0 Å². The standard InChI is InChI=1S/C23H32N2O6S/c1-6-25(7-2)32(27,28)18-13-14-20(31-17(4)5)19(15-18)24-23(26)16-30-22-12-10-9-11-21(22)29-8-3/h9-15,17H,6-8,16H2,1-5H3,(H,24,26). The molecule has 9 heteroatoms. The molecule has 2 rings (SSSR count). The molecule has 1 N–H and O–H groups in total. The van der Waals surface area contributed by atoms with Gasteiger partial charge in [-0.1, -0.05) is 26.0 Å². The summed E-state index contributed by atoms with van der Waals surface area (Å²) in [6.45, 7) is 9.98. The van der Waals surface area contributed by atoms with Gasteiger partial charge >= 0.3 is 0 Å². The van der Waals surface area contributed by atoms with Gasteiger partial charge in [-0.05, 0) is 51.1 Å². The van der Waals surface area contributed by atoms with Gasteiger partial charge in [0.15, 0.2) is 18.1 Å². The van der Waals surface area contributed by atoms with Gasteiger partial charge in [-0.15, -0.1) is 0 Å². The number of sulfonamides is 1. The molecule has 0 unspecified atom stereocenters. The van der Waals surface area contributed by atoms with Gasteiger partial charge < -0.3 is 19.5 Å². The van der Waals surface area contributed by atoms with Crippen molar-refractivity contribution in [2.45, 2.75) is 45.6 Å². The van der Waals surface area contributed by atoms with Gasteiger partial charge in [-0.3, -0.25) is 4.79 Å². The number of hydrogen-bond acceptors (Lipinski definition) is 6. The van der Waals surface area contributed by atoms with Gasteiger partial charge in [0.1, 0.15) is 5.75 Å². The number of para-hydroxylation sites is 2. The van der Waals surface area contributed by atoms with Gasteiger partial charge in [-0.25, -0.2) is 8.42 Å². The van der Waals surface area contributed by atoms with E-state index in [0.29, 0.717) is 36.9 Å². The predicted octanol–water partition coefficient (Wildman–Crippen LogP) is 3.92. The number of hydrogen-bond donors (Lipinski definition) is 1. The summed E-state index contributed by atoms with van der Waals surface area (Å²) in [5, 5.41) is 2.71. The van der Waals surface area contributed by atoms with Gasteiger partial charge in [0, 0.05) is 13.1 Å². The molecule has 0 fully saturated rings. The first-order valence-corrected chi connectivity index (χ1v) is 12.1. The first kappa shape index (κ1) is 25.5. The molecule has 32 heavy (non-hydrogen) atoms. The van der Waals surface area contributed by atoms with Crippen LogP contribution in [0.25, 0.3) is 0 Å². The molecule has 0 aliphatic carbocycles. The Kier molecular flexibility index (Phi) is 9.34. The molecule has 0 heterocycles. The number of anilines is 1. The summed E-state index contributed by atoms with van der Waals surface area (Å²) in [5.41, 5.74) is 0.263. The van der Waals surface area contributed by atoms with Crippen LogP contribution in [0.4, 0.5) is 5.69 Å². The monoisotopic (exact) mass is 464 g/mol. The minimum Gasteiger partial charge on any atom is -0.490 e. The summed E-state index contributed by atoms with van der Waals surface area (Å²) in [7, 11) is -3.69. The SMILES string of the molecule is CCOc1ccccc1OCC(=O)Nc1cc(S(=O)(=O)N(CC)CC)ccc1OC(C)C. The van der Waals surface area contributed by atoms with Crippen LogP contribution in [0.5, 0.6) is 17.2 Å². The summed E-state index contributed by atoms with van der Waals surface area (Å²) in [6.07, 6.45) is -0.162. The average molecular weight is 465 g/mol. The van der Waals surface area contributed by atoms with Gasteiger partial charge in [-0.2, -0.15) is 4.31 Å². The van der Waals surface area contributed by atoms with E-state index < -0.39 is 15.9 Å². The molecule has 0 atom stereocenters. The van der Waals surface area contributed by atoms with Gasteiger partial charge in [0.25, 0.3) is 5.91 Å². The topological polar surface area (TPSA) is 94.2 Å². The Labute approximate surface area is 190 Å². The van der Waals surface area contributed by atoms with E-state index in [1.54, 1.807) is 38.1 Å². The molecule has 2 aromatic carbocycles. The van der Waals surface area contributed by atoms with Crippen molar-refractivity contribution >= 4 is 21.6 Å². The van der Waals surface area contributed by atoms with Crippen LogP contribution < -0.4 is 19.5 Å². The van der Waals surface area contributed by atoms with Crippen molar-refractivity contribution in [1.82, 2.24) is 4.31 Å². The molecule has 0 spiro atoms. The highest BCUT2D eigenvalue weighted by Crippen LogP contribution is 2.30. The van der Waals surface area contributed by atoms with Crippen molar-refractivity contribution in [1.29, 1.82) is 0 Å². The van der Waals surface area contributed by atoms with E-state index in [0.717, 1.165) is 0 Å². The number of rotatable bonds is 12. The van der Waals surface area contributed by atoms with Crippen molar-refractivity contribution in [2.75, 3.05) is 31.6 Å². The van der Waals surface area contributed by atoms with Crippen molar-refractivity contribution in [3.05, 3.63) is 42.5 Å². The van der Waals surface area contributed by atoms with Crippen LogP contribution in [0.3, 0.4) is 0 Å². The molecule has 0 radical (unpaired) electrons. The summed E-state index contributed by atoms with van der Waals surface area (Å²) in [4.78, 5) is 12.7. The lowest BCUT2D eigenvalue weighted by molar-refractivity contribution is -0.118. The molecule has 0 aromatic heterocycles. The number of nitrogens with one attached hydrogen (secondary N) is 1. The Morgan fingerprint density at radius 2 is 1.59 bits per heavy atom. The third kappa shape index (κ3) is 6.61. The maximum Gasteiger partial charge on any atom is 0.262 e. The first-order valence-electron chi connectivity index (χ1n) is 10.7. The second-order valence-corrected chi connectivity index (χ2v) is 9.07. The van der Waals surface area contributed by atoms with Crippen molar-refractivity contribution < 1.29 is 27.4 Å². The fourth-order valence-corrected chi connectivity index (χ4v) is 4.50. The Balaban J connectivity index is 2.25. The second kappa shape index (κ2) is 11.7. The highest BCUT2D eigenvalue weighted by Gasteiger charge is 2.23. The number of ether oxygens (including phenoxy) is 3. The molecule has 0 saturated heterocycles. The van der Waals surface area contributed by atoms with Crippen LogP contribution in [-0.2, 0) is 14.8 Å². The lowest BCUT2D eigenvalue weighted by Gasteiger charge is -2.20. The van der Waals surface area contributed by atoms with Crippen molar-refractivity contribution in [3.8, 4) is 17.2 Å². The Hall–Kier alpha value is -2.78. The Morgan fingerprint density at radius 1 is 0.969 bits per heavy atom. The maximum absolute atomic E-state index is 12.9. The van der Waals surface area contributed by atoms with Crippen molar-refractivity contribution in [3.63, 3.8) is 0 Å². The summed E-state index contributed by atoms with van der Waals surface area (Å²) >= 11 is 0. The Morgan fingerprint density at radius 3 is 2.16 bits per heavy atom. The van der Waals surface area contributed by atoms with E-state index in [9.17, 15) is 13.2 Å². The second-order valence-electron chi connectivity index (χ2n) is 7.13. The lowest BCUT2D eigenvalue weighted by atomic mass is 10.2. The number of amides is 1. The van der Waals surface area contributed by atoms with E-state index in [-0.39, 0.29) is 23.3 Å². The molecule has 2 aromatic rings. The Bertz CT molecular complexity index is 1000. The summed E-state index contributed by atoms with van der Waals surface area (Å²) < 4.78 is 44.0. The van der Waals surface area contributed by atoms with E-state index in [4.69, 9.17) is 14.2 Å². The van der Waals surface area contributed by atoms with E-state index in [1.165, 1.54) is 16.4 Å². The van der Waals surface area contributed by atoms with Gasteiger partial charge in [0.2, 0.25) is 10.0 Å². The molecular formula is C23H32N2O6S. The zero-order valence-corrected chi connectivity index (χ0v) is 20.1. The molecule has 176 valence electrons. The zero-order chi connectivity index (χ0) is 23.7. The fraction of sp³-hybridized carbons (Fsp3) is 0.435. The summed E-state index contributed by atoms with van der Waals surface area (Å²) in [5.74, 6) is 0.906. The molecule has 0 saturated carbocycles. The molecule has 0 aliphatic rings. The third-order valence-corrected chi connectivity index (χ3v) is 6.48. The van der Waals surface area contributed by atoms with E-state index in [1.807, 2.05) is 26.8 Å². The molecule has 8 nitrogen and oxygen atoms in total. The third-order valence-electron chi connectivity index (χ3n) is 4.44. The first-order chi connectivity index (χ1) is 15.2. The minimum atomic E-state index is -3.69. The van der Waals surface area contributed by atoms with Crippen LogP contribution in [0, 0.1) is 0 Å². The molecule has 1 amide bonds. The maximum atomic E-state index is 12.9. The number of nitrogens with zero attached hydrogens (tertiary/aromatic N) is 1. The highest BCUT2D eigenvalue weighted by atomic mass is 32.2.